The van der Waals surface area contributed by atoms with Crippen molar-refractivity contribution in [3.05, 3.63) is 38.6 Å². The predicted molar refractivity (Wildman–Crippen MR) is 63.2 cm³/mol. The van der Waals surface area contributed by atoms with Gasteiger partial charge in [-0.2, -0.15) is 5.11 Å². The first-order chi connectivity index (χ1) is 8.72. The lowest BCUT2D eigenvalue weighted by atomic mass is 10.1. The molecule has 1 aromatic carbocycles. The lowest BCUT2D eigenvalue weighted by Crippen LogP contribution is -1.98. The third kappa shape index (κ3) is 3.27. The summed E-state index contributed by atoms with van der Waals surface area (Å²) < 4.78 is 5.09. The zero-order chi connectivity index (χ0) is 13.4. The van der Waals surface area contributed by atoms with E-state index in [1.165, 1.54) is 12.1 Å². The highest BCUT2D eigenvalue weighted by molar-refractivity contribution is 5.63. The highest BCUT2D eigenvalue weighted by Gasteiger charge is 2.08. The number of nitrogens with one attached hydrogen (secondary N) is 1. The number of rotatable bonds is 6. The molecule has 0 fully saturated rings. The van der Waals surface area contributed by atoms with Gasteiger partial charge in [-0.1, -0.05) is 10.2 Å². The summed E-state index contributed by atoms with van der Waals surface area (Å²) in [6.07, 6.45) is 0. The second kappa shape index (κ2) is 6.59. The molecule has 92 valence electrons. The van der Waals surface area contributed by atoms with Crippen LogP contribution in [0.4, 0.5) is 11.4 Å². The van der Waals surface area contributed by atoms with Crippen LogP contribution in [0.2, 0.25) is 0 Å². The maximum Gasteiger partial charge on any atom is 0.167 e. The predicted octanol–water partition coefficient (Wildman–Crippen LogP) is 3.39. The third-order valence-electron chi connectivity index (χ3n) is 1.99. The molecule has 18 heavy (non-hydrogen) atoms. The molecule has 0 spiro atoms. The Morgan fingerprint density at radius 3 is 2.61 bits per heavy atom. The molecular weight excluding hydrogens is 238 g/mol. The molecule has 0 amide bonds. The van der Waals surface area contributed by atoms with Gasteiger partial charge in [0.25, 0.3) is 0 Å². The molecule has 0 aliphatic carbocycles. The Balaban J connectivity index is 3.05. The first-order valence-electron chi connectivity index (χ1n) is 4.67. The van der Waals surface area contributed by atoms with Crippen LogP contribution in [-0.2, 0) is 6.54 Å². The van der Waals surface area contributed by atoms with E-state index in [4.69, 9.17) is 27.1 Å². The van der Waals surface area contributed by atoms with Gasteiger partial charge < -0.3 is 10.5 Å². The van der Waals surface area contributed by atoms with Crippen LogP contribution in [0.1, 0.15) is 5.56 Å². The summed E-state index contributed by atoms with van der Waals surface area (Å²) in [5.74, 6) is 0.222. The fourth-order valence-electron chi connectivity index (χ4n) is 1.20. The van der Waals surface area contributed by atoms with E-state index >= 15 is 0 Å². The molecule has 0 atom stereocenters. The SMILES string of the molecule is [N-]=[N+]=NCOc1cc(N)c(CN=[N+]=[N-])cc1N=N. The molecular formula is C8H9N9O. The van der Waals surface area contributed by atoms with E-state index in [2.05, 4.69) is 25.2 Å². The van der Waals surface area contributed by atoms with E-state index in [9.17, 15) is 0 Å². The van der Waals surface area contributed by atoms with Crippen molar-refractivity contribution in [1.82, 2.24) is 0 Å². The molecule has 0 radical (unpaired) electrons. The van der Waals surface area contributed by atoms with Crippen molar-refractivity contribution in [2.75, 3.05) is 12.5 Å². The Labute approximate surface area is 101 Å². The maximum atomic E-state index is 8.23. The fourth-order valence-corrected chi connectivity index (χ4v) is 1.20. The summed E-state index contributed by atoms with van der Waals surface area (Å²) in [7, 11) is 0. The Bertz CT molecular complexity index is 542. The van der Waals surface area contributed by atoms with Gasteiger partial charge in [0.1, 0.15) is 11.4 Å². The average molecular weight is 247 g/mol. The van der Waals surface area contributed by atoms with E-state index in [0.29, 0.717) is 11.3 Å². The number of anilines is 1. The number of hydrogen-bond acceptors (Lipinski definition) is 6. The molecule has 0 saturated carbocycles. The van der Waals surface area contributed by atoms with E-state index in [0.717, 1.165) is 0 Å². The number of nitrogens with zero attached hydrogens (tertiary/aromatic N) is 7. The molecule has 0 aromatic heterocycles. The maximum absolute atomic E-state index is 8.23. The lowest BCUT2D eigenvalue weighted by Gasteiger charge is -2.09. The monoisotopic (exact) mass is 247 g/mol. The van der Waals surface area contributed by atoms with Crippen molar-refractivity contribution in [3.8, 4) is 5.75 Å². The Morgan fingerprint density at radius 1 is 1.28 bits per heavy atom. The van der Waals surface area contributed by atoms with Gasteiger partial charge in [0.15, 0.2) is 6.73 Å². The van der Waals surface area contributed by atoms with Crippen LogP contribution < -0.4 is 10.5 Å². The minimum atomic E-state index is -0.228. The molecule has 0 saturated heterocycles. The highest BCUT2D eigenvalue weighted by Crippen LogP contribution is 2.32. The number of hydrogen-bond donors (Lipinski definition) is 2. The first kappa shape index (κ1) is 13.1. The second-order valence-corrected chi connectivity index (χ2v) is 3.02. The molecule has 3 N–H and O–H groups in total. The summed E-state index contributed by atoms with van der Waals surface area (Å²) in [6.45, 7) is -0.171. The smallest absolute Gasteiger partial charge is 0.167 e. The normalized spacial score (nSPS) is 8.89. The van der Waals surface area contributed by atoms with Crippen molar-refractivity contribution in [2.45, 2.75) is 6.54 Å². The molecule has 0 unspecified atom stereocenters. The fraction of sp³-hybridized carbons (Fsp3) is 0.250. The molecule has 1 rings (SSSR count). The zero-order valence-electron chi connectivity index (χ0n) is 9.19. The molecule has 0 aliphatic rings. The summed E-state index contributed by atoms with van der Waals surface area (Å²) in [6, 6.07) is 2.91. The lowest BCUT2D eigenvalue weighted by molar-refractivity contribution is 0.330. The molecule has 10 nitrogen and oxygen atoms in total. The number of nitrogen functional groups attached to an aromatic ring is 1. The van der Waals surface area contributed by atoms with Crippen LogP contribution in [0.15, 0.2) is 27.5 Å². The first-order valence-corrected chi connectivity index (χ1v) is 4.67. The molecule has 10 heteroatoms. The largest absolute Gasteiger partial charge is 0.485 e. The molecule has 1 aromatic rings. The van der Waals surface area contributed by atoms with E-state index in [1.807, 2.05) is 0 Å². The number of benzene rings is 1. The van der Waals surface area contributed by atoms with E-state index in [1.54, 1.807) is 0 Å². The van der Waals surface area contributed by atoms with E-state index < -0.39 is 0 Å². The van der Waals surface area contributed by atoms with Gasteiger partial charge in [0.05, 0.1) is 6.54 Å². The Morgan fingerprint density at radius 2 is 2.00 bits per heavy atom. The summed E-state index contributed by atoms with van der Waals surface area (Å²) in [4.78, 5) is 5.14. The van der Waals surface area contributed by atoms with Crippen molar-refractivity contribution >= 4 is 11.4 Å². The number of azide groups is 2. The van der Waals surface area contributed by atoms with E-state index in [-0.39, 0.29) is 24.7 Å². The van der Waals surface area contributed by atoms with Crippen LogP contribution >= 0.6 is 0 Å². The average Bonchev–Trinajstić information content (AvgIpc) is 2.38. The quantitative estimate of drug-likeness (QED) is 0.340. The van der Waals surface area contributed by atoms with Crippen LogP contribution in [-0.4, -0.2) is 6.73 Å². The topological polar surface area (TPSA) is 169 Å². The van der Waals surface area contributed by atoms with Crippen molar-refractivity contribution in [3.63, 3.8) is 0 Å². The van der Waals surface area contributed by atoms with Crippen molar-refractivity contribution in [2.24, 2.45) is 15.3 Å². The Hall–Kier alpha value is -2.96. The van der Waals surface area contributed by atoms with Gasteiger partial charge in [0, 0.05) is 21.6 Å². The zero-order valence-corrected chi connectivity index (χ0v) is 9.19. The van der Waals surface area contributed by atoms with Crippen LogP contribution in [0.3, 0.4) is 0 Å². The highest BCUT2D eigenvalue weighted by atomic mass is 16.5. The van der Waals surface area contributed by atoms with Gasteiger partial charge in [-0.15, -0.1) is 0 Å². The van der Waals surface area contributed by atoms with Crippen molar-refractivity contribution in [1.29, 1.82) is 5.53 Å². The summed E-state index contributed by atoms with van der Waals surface area (Å²) in [5, 5.41) is 9.82. The second-order valence-electron chi connectivity index (χ2n) is 3.02. The van der Waals surface area contributed by atoms with Gasteiger partial charge in [0.2, 0.25) is 0 Å². The van der Waals surface area contributed by atoms with Crippen LogP contribution in [0.5, 0.6) is 5.75 Å². The molecule has 0 aliphatic heterocycles. The van der Waals surface area contributed by atoms with Crippen molar-refractivity contribution < 1.29 is 4.74 Å². The van der Waals surface area contributed by atoms with Gasteiger partial charge in [-0.05, 0) is 22.7 Å². The minimum Gasteiger partial charge on any atom is -0.485 e. The van der Waals surface area contributed by atoms with Gasteiger partial charge in [-0.25, -0.2) is 5.53 Å². The van der Waals surface area contributed by atoms with Crippen LogP contribution in [0.25, 0.3) is 20.9 Å². The number of nitrogens with two attached hydrogens (primary N) is 1. The third-order valence-corrected chi connectivity index (χ3v) is 1.99. The minimum absolute atomic E-state index is 0.0570. The summed E-state index contributed by atoms with van der Waals surface area (Å²) >= 11 is 0. The van der Waals surface area contributed by atoms with Crippen LogP contribution in [0, 0.1) is 5.53 Å². The summed E-state index contributed by atoms with van der Waals surface area (Å²) in [5.41, 5.74) is 30.2. The number of ether oxygens (including phenoxy) is 1. The molecule has 0 bridgehead atoms. The van der Waals surface area contributed by atoms with Gasteiger partial charge >= 0.3 is 0 Å². The Kier molecular flexibility index (Phi) is 4.80. The molecule has 0 heterocycles. The standard InChI is InChI=1S/C8H9N9O/c9-6-2-8(18-4-14-17-12)7(15-10)1-5(6)3-13-16-11/h1-2,10H,3-4,9H2. The van der Waals surface area contributed by atoms with Gasteiger partial charge in [-0.3, -0.25) is 0 Å².